The van der Waals surface area contributed by atoms with Gasteiger partial charge in [-0.05, 0) is 57.0 Å². The van der Waals surface area contributed by atoms with Crippen LogP contribution >= 0.6 is 0 Å². The number of carbonyl (C=O) groups is 2. The third kappa shape index (κ3) is 4.21. The van der Waals surface area contributed by atoms with Crippen LogP contribution in [0.25, 0.3) is 10.9 Å². The maximum Gasteiger partial charge on any atom is 0.209 e. The Labute approximate surface area is 235 Å². The third-order valence-corrected chi connectivity index (χ3v) is 8.29. The number of ether oxygens (including phenoxy) is 1. The molecule has 5 nitrogen and oxygen atoms in total. The van der Waals surface area contributed by atoms with Crippen molar-refractivity contribution in [2.45, 2.75) is 51.6 Å². The van der Waals surface area contributed by atoms with E-state index in [0.717, 1.165) is 46.6 Å². The molecule has 5 heteroatoms. The summed E-state index contributed by atoms with van der Waals surface area (Å²) in [4.78, 5) is 27.1. The molecule has 1 fully saturated rings. The van der Waals surface area contributed by atoms with Crippen LogP contribution in [0.4, 0.5) is 5.69 Å². The molecule has 0 amide bonds. The van der Waals surface area contributed by atoms with Crippen molar-refractivity contribution in [3.63, 3.8) is 0 Å². The highest BCUT2D eigenvalue weighted by Gasteiger charge is 2.50. The van der Waals surface area contributed by atoms with Gasteiger partial charge in [0.15, 0.2) is 23.8 Å². The van der Waals surface area contributed by atoms with Gasteiger partial charge < -0.3 is 9.30 Å². The zero-order valence-corrected chi connectivity index (χ0v) is 23.8. The van der Waals surface area contributed by atoms with E-state index in [2.05, 4.69) is 48.8 Å². The number of aryl methyl sites for hydroxylation is 1. The van der Waals surface area contributed by atoms with Gasteiger partial charge in [-0.2, -0.15) is 4.58 Å². The van der Waals surface area contributed by atoms with Crippen LogP contribution in [0.2, 0.25) is 0 Å². The Hall–Kier alpha value is -4.25. The minimum absolute atomic E-state index is 0.0960. The Morgan fingerprint density at radius 1 is 0.950 bits per heavy atom. The molecule has 40 heavy (non-hydrogen) atoms. The lowest BCUT2D eigenvalue weighted by molar-refractivity contribution is -0.436. The van der Waals surface area contributed by atoms with Gasteiger partial charge in [-0.3, -0.25) is 9.59 Å². The average Bonchev–Trinajstić information content (AvgIpc) is 3.37. The predicted molar refractivity (Wildman–Crippen MR) is 159 cm³/mol. The second-order valence-electron chi connectivity index (χ2n) is 11.7. The van der Waals surface area contributed by atoms with Crippen LogP contribution in [0.5, 0.6) is 5.75 Å². The number of para-hydroxylation sites is 2. The Balaban J connectivity index is 1.33. The predicted octanol–water partition coefficient (Wildman–Crippen LogP) is 6.45. The fourth-order valence-electron chi connectivity index (χ4n) is 6.23. The molecule has 1 aliphatic heterocycles. The van der Waals surface area contributed by atoms with Crippen LogP contribution < -0.4 is 4.74 Å². The van der Waals surface area contributed by atoms with Crippen molar-refractivity contribution in [1.29, 1.82) is 0 Å². The van der Waals surface area contributed by atoms with Gasteiger partial charge in [0, 0.05) is 48.3 Å². The topological polar surface area (TPSA) is 51.3 Å². The monoisotopic (exact) mass is 531 g/mol. The number of aromatic nitrogens is 1. The number of nitrogens with zero attached hydrogens (tertiary/aromatic N) is 2. The van der Waals surface area contributed by atoms with Crippen molar-refractivity contribution in [3.8, 4) is 5.75 Å². The number of fused-ring (bicyclic) bond motifs is 2. The Morgan fingerprint density at radius 3 is 2.35 bits per heavy atom. The van der Waals surface area contributed by atoms with Crippen molar-refractivity contribution in [1.82, 2.24) is 4.57 Å². The normalized spacial score (nSPS) is 17.9. The number of rotatable bonds is 7. The molecule has 6 rings (SSSR count). The van der Waals surface area contributed by atoms with Gasteiger partial charge in [-0.25, -0.2) is 0 Å². The van der Waals surface area contributed by atoms with E-state index in [4.69, 9.17) is 4.74 Å². The van der Waals surface area contributed by atoms with Gasteiger partial charge in [-0.15, -0.1) is 0 Å². The van der Waals surface area contributed by atoms with E-state index in [1.54, 1.807) is 0 Å². The number of allylic oxidation sites excluding steroid dienone is 2. The molecule has 1 aromatic heterocycles. The number of carbonyl (C=O) groups excluding carboxylic acids is 2. The molecule has 202 valence electrons. The van der Waals surface area contributed by atoms with E-state index in [1.165, 1.54) is 11.1 Å². The molecule has 2 aliphatic rings. The van der Waals surface area contributed by atoms with Crippen molar-refractivity contribution < 1.29 is 18.9 Å². The second kappa shape index (κ2) is 9.74. The van der Waals surface area contributed by atoms with Gasteiger partial charge in [0.05, 0.1) is 17.1 Å². The molecule has 1 aliphatic carbocycles. The van der Waals surface area contributed by atoms with Gasteiger partial charge in [0.2, 0.25) is 5.69 Å². The molecule has 0 atom stereocenters. The molecule has 3 aromatic carbocycles. The zero-order valence-electron chi connectivity index (χ0n) is 23.8. The second-order valence-corrected chi connectivity index (χ2v) is 11.7. The van der Waals surface area contributed by atoms with Gasteiger partial charge in [0.1, 0.15) is 11.7 Å². The lowest BCUT2D eigenvalue weighted by atomic mass is 9.71. The maximum atomic E-state index is 13.5. The summed E-state index contributed by atoms with van der Waals surface area (Å²) < 4.78 is 10.1. The Morgan fingerprint density at radius 2 is 1.62 bits per heavy atom. The van der Waals surface area contributed by atoms with Crippen LogP contribution in [0, 0.1) is 0 Å². The number of hydrogen-bond acceptors (Lipinski definition) is 3. The Bertz CT molecular complexity index is 1700. The fraction of sp³-hybridized carbons (Fsp3) is 0.286. The molecule has 4 aromatic rings. The smallest absolute Gasteiger partial charge is 0.209 e. The van der Waals surface area contributed by atoms with Crippen molar-refractivity contribution >= 4 is 33.9 Å². The summed E-state index contributed by atoms with van der Waals surface area (Å²) in [6, 6.07) is 24.6. The summed E-state index contributed by atoms with van der Waals surface area (Å²) in [5.41, 5.74) is 6.30. The summed E-state index contributed by atoms with van der Waals surface area (Å²) in [5, 5.41) is 0.962. The lowest BCUT2D eigenvalue weighted by Gasteiger charge is -2.26. The number of hydrogen-bond donors (Lipinski definition) is 0. The molecular formula is C35H35N2O3+. The molecule has 1 saturated carbocycles. The zero-order chi connectivity index (χ0) is 28.2. The average molecular weight is 532 g/mol. The first-order valence-corrected chi connectivity index (χ1v) is 14.0. The minimum atomic E-state index is -0.732. The van der Waals surface area contributed by atoms with Crippen LogP contribution in [0.15, 0.2) is 90.6 Å². The van der Waals surface area contributed by atoms with E-state index < -0.39 is 5.92 Å². The summed E-state index contributed by atoms with van der Waals surface area (Å²) in [7, 11) is 1.95. The lowest BCUT2D eigenvalue weighted by Crippen LogP contribution is -2.40. The van der Waals surface area contributed by atoms with E-state index >= 15 is 0 Å². The SMILES string of the molecule is CC(C)Oc1ccc(CC[N+]2=C(C=C3C(=O)C(c4cn(C)c5ccccc45)C3=O)C(C)(C)c3ccccc32)cc1. The number of ketones is 2. The van der Waals surface area contributed by atoms with E-state index in [0.29, 0.717) is 5.57 Å². The highest BCUT2D eigenvalue weighted by Crippen LogP contribution is 2.43. The first-order chi connectivity index (χ1) is 19.2. The van der Waals surface area contributed by atoms with Gasteiger partial charge in [-0.1, -0.05) is 48.5 Å². The molecule has 0 bridgehead atoms. The number of Topliss-reactive ketones (excluding diaryl/α,β-unsaturated/α-hetero) is 2. The maximum absolute atomic E-state index is 13.5. The van der Waals surface area contributed by atoms with Gasteiger partial charge >= 0.3 is 0 Å². The van der Waals surface area contributed by atoms with Crippen LogP contribution in [0.3, 0.4) is 0 Å². The molecule has 2 heterocycles. The first kappa shape index (κ1) is 26.0. The van der Waals surface area contributed by atoms with Crippen molar-refractivity contribution in [2.75, 3.05) is 6.54 Å². The largest absolute Gasteiger partial charge is 0.491 e. The molecule has 0 unspecified atom stereocenters. The van der Waals surface area contributed by atoms with E-state index in [1.807, 2.05) is 80.2 Å². The summed E-state index contributed by atoms with van der Waals surface area (Å²) >= 11 is 0. The highest BCUT2D eigenvalue weighted by molar-refractivity contribution is 6.43. The van der Waals surface area contributed by atoms with E-state index in [9.17, 15) is 9.59 Å². The highest BCUT2D eigenvalue weighted by atomic mass is 16.5. The van der Waals surface area contributed by atoms with E-state index in [-0.39, 0.29) is 23.1 Å². The number of benzene rings is 3. The van der Waals surface area contributed by atoms with Crippen LogP contribution in [-0.4, -0.2) is 39.1 Å². The molecular weight excluding hydrogens is 496 g/mol. The molecule has 0 saturated heterocycles. The minimum Gasteiger partial charge on any atom is -0.491 e. The van der Waals surface area contributed by atoms with Gasteiger partial charge in [0.25, 0.3) is 0 Å². The quantitative estimate of drug-likeness (QED) is 0.119. The van der Waals surface area contributed by atoms with Crippen LogP contribution in [-0.2, 0) is 28.5 Å². The summed E-state index contributed by atoms with van der Waals surface area (Å²) in [5.74, 6) is -0.0568. The molecule has 0 radical (unpaired) electrons. The standard InChI is InChI=1S/C35H35N2O3/c1-22(2)40-24-16-14-23(15-17-24)18-19-37-30-13-9-7-11-28(30)35(3,4)31(37)20-26-33(38)32(34(26)39)27-21-36(5)29-12-8-6-10-25(27)29/h6-17,20-22,32H,18-19H2,1-5H3/q+1. The third-order valence-electron chi connectivity index (χ3n) is 8.29. The Kier molecular flexibility index (Phi) is 6.33. The molecule has 0 spiro atoms. The fourth-order valence-corrected chi connectivity index (χ4v) is 6.23. The first-order valence-electron chi connectivity index (χ1n) is 14.0. The summed E-state index contributed by atoms with van der Waals surface area (Å²) in [6.07, 6.45) is 4.75. The van der Waals surface area contributed by atoms with Crippen LogP contribution in [0.1, 0.15) is 50.3 Å². The van der Waals surface area contributed by atoms with Crippen molar-refractivity contribution in [3.05, 3.63) is 107 Å². The van der Waals surface area contributed by atoms with Crippen molar-refractivity contribution in [2.24, 2.45) is 7.05 Å². The molecule has 0 N–H and O–H groups in total. The summed E-state index contributed by atoms with van der Waals surface area (Å²) in [6.45, 7) is 9.12.